The van der Waals surface area contributed by atoms with Gasteiger partial charge in [-0.3, -0.25) is 4.18 Å². The molecule has 1 fully saturated rings. The second kappa shape index (κ2) is 7.14. The number of benzene rings is 1. The van der Waals surface area contributed by atoms with Crippen LogP contribution in [-0.4, -0.2) is 45.7 Å². The summed E-state index contributed by atoms with van der Waals surface area (Å²) in [6.07, 6.45) is 0.0925. The van der Waals surface area contributed by atoms with E-state index in [1.165, 1.54) is 0 Å². The number of aliphatic hydroxyl groups excluding tert-OH is 1. The van der Waals surface area contributed by atoms with Crippen LogP contribution in [0.15, 0.2) is 18.2 Å². The first kappa shape index (κ1) is 17.5. The molecule has 0 saturated carbocycles. The molecule has 6 nitrogen and oxygen atoms in total. The Morgan fingerprint density at radius 3 is 2.64 bits per heavy atom. The normalized spacial score (nSPS) is 18.5. The predicted octanol–water partition coefficient (Wildman–Crippen LogP) is 1.76. The highest BCUT2D eigenvalue weighted by Gasteiger charge is 2.23. The molecule has 0 aliphatic carbocycles. The van der Waals surface area contributed by atoms with E-state index in [0.717, 1.165) is 6.26 Å². The third kappa shape index (κ3) is 4.82. The van der Waals surface area contributed by atoms with E-state index in [1.807, 2.05) is 0 Å². The zero-order valence-corrected chi connectivity index (χ0v) is 13.9. The molecule has 0 aromatic heterocycles. The standard InChI is InChI=1S/C14H19ClO6S/c1-9(6-20-22(2,17)18)14(16)10-3-4-13(12(15)5-10)21-11-7-19-8-11/h3-5,9,11,14,16H,6-8H2,1-2H3/t9-,14+/m1/s1. The van der Waals surface area contributed by atoms with Crippen molar-refractivity contribution in [2.75, 3.05) is 26.1 Å². The molecule has 0 spiro atoms. The van der Waals surface area contributed by atoms with E-state index < -0.39 is 22.1 Å². The molecular formula is C14H19ClO6S. The van der Waals surface area contributed by atoms with Crippen LogP contribution >= 0.6 is 11.6 Å². The smallest absolute Gasteiger partial charge is 0.264 e. The van der Waals surface area contributed by atoms with Gasteiger partial charge in [-0.05, 0) is 17.7 Å². The molecule has 2 atom stereocenters. The summed E-state index contributed by atoms with van der Waals surface area (Å²) in [5.74, 6) is 0.128. The van der Waals surface area contributed by atoms with Gasteiger partial charge in [-0.1, -0.05) is 24.6 Å². The summed E-state index contributed by atoms with van der Waals surface area (Å²) in [5.41, 5.74) is 0.576. The Hall–Kier alpha value is -0.860. The van der Waals surface area contributed by atoms with Gasteiger partial charge in [-0.25, -0.2) is 0 Å². The molecule has 1 heterocycles. The van der Waals surface area contributed by atoms with E-state index in [1.54, 1.807) is 25.1 Å². The number of ether oxygens (including phenoxy) is 2. The Morgan fingerprint density at radius 1 is 1.45 bits per heavy atom. The largest absolute Gasteiger partial charge is 0.484 e. The minimum absolute atomic E-state index is 0.00959. The highest BCUT2D eigenvalue weighted by Crippen LogP contribution is 2.32. The zero-order valence-electron chi connectivity index (χ0n) is 12.4. The topological polar surface area (TPSA) is 82.1 Å². The second-order valence-electron chi connectivity index (χ2n) is 5.38. The summed E-state index contributed by atoms with van der Waals surface area (Å²) in [4.78, 5) is 0. The van der Waals surface area contributed by atoms with Crippen LogP contribution in [0.2, 0.25) is 5.02 Å². The third-order valence-corrected chi connectivity index (χ3v) is 4.14. The lowest BCUT2D eigenvalue weighted by atomic mass is 9.98. The van der Waals surface area contributed by atoms with Crippen LogP contribution in [0.4, 0.5) is 0 Å². The molecule has 1 aliphatic heterocycles. The molecule has 8 heteroatoms. The summed E-state index contributed by atoms with van der Waals surface area (Å²) >= 11 is 6.15. The maximum atomic E-state index is 11.0. The lowest BCUT2D eigenvalue weighted by Gasteiger charge is -2.27. The fraction of sp³-hybridized carbons (Fsp3) is 0.571. The van der Waals surface area contributed by atoms with Crippen LogP contribution in [-0.2, 0) is 19.0 Å². The van der Waals surface area contributed by atoms with Crippen LogP contribution < -0.4 is 4.74 Å². The van der Waals surface area contributed by atoms with Crippen LogP contribution in [0.25, 0.3) is 0 Å². The van der Waals surface area contributed by atoms with Crippen molar-refractivity contribution in [2.45, 2.75) is 19.1 Å². The first-order valence-electron chi connectivity index (χ1n) is 6.82. The first-order chi connectivity index (χ1) is 10.3. The number of rotatable bonds is 7. The van der Waals surface area contributed by atoms with Crippen molar-refractivity contribution in [1.29, 1.82) is 0 Å². The predicted molar refractivity (Wildman–Crippen MR) is 81.6 cm³/mol. The van der Waals surface area contributed by atoms with E-state index in [4.69, 9.17) is 25.3 Å². The lowest BCUT2D eigenvalue weighted by molar-refractivity contribution is -0.0796. The lowest BCUT2D eigenvalue weighted by Crippen LogP contribution is -2.38. The summed E-state index contributed by atoms with van der Waals surface area (Å²) in [6.45, 7) is 2.68. The van der Waals surface area contributed by atoms with Gasteiger partial charge >= 0.3 is 0 Å². The Labute approximate surface area is 135 Å². The number of hydrogen-bond donors (Lipinski definition) is 1. The van der Waals surface area contributed by atoms with E-state index in [-0.39, 0.29) is 12.7 Å². The monoisotopic (exact) mass is 350 g/mol. The molecule has 0 unspecified atom stereocenters. The van der Waals surface area contributed by atoms with Gasteiger partial charge in [0, 0.05) is 5.92 Å². The Morgan fingerprint density at radius 2 is 2.14 bits per heavy atom. The van der Waals surface area contributed by atoms with Gasteiger partial charge in [0.25, 0.3) is 10.1 Å². The van der Waals surface area contributed by atoms with E-state index >= 15 is 0 Å². The summed E-state index contributed by atoms with van der Waals surface area (Å²) in [6, 6.07) is 4.99. The molecule has 0 amide bonds. The van der Waals surface area contributed by atoms with Gasteiger partial charge in [-0.15, -0.1) is 0 Å². The molecular weight excluding hydrogens is 332 g/mol. The molecule has 124 valence electrons. The van der Waals surface area contributed by atoms with Crippen molar-refractivity contribution < 1.29 is 27.2 Å². The van der Waals surface area contributed by atoms with Gasteiger partial charge < -0.3 is 14.6 Å². The Balaban J connectivity index is 1.99. The highest BCUT2D eigenvalue weighted by atomic mass is 35.5. The molecule has 1 aromatic rings. The van der Waals surface area contributed by atoms with Crippen molar-refractivity contribution in [1.82, 2.24) is 0 Å². The van der Waals surface area contributed by atoms with Gasteiger partial charge in [-0.2, -0.15) is 8.42 Å². The number of aliphatic hydroxyl groups is 1. The molecule has 22 heavy (non-hydrogen) atoms. The molecule has 0 bridgehead atoms. The third-order valence-electron chi connectivity index (χ3n) is 3.28. The van der Waals surface area contributed by atoms with Crippen molar-refractivity contribution in [3.63, 3.8) is 0 Å². The Kier molecular flexibility index (Phi) is 5.68. The van der Waals surface area contributed by atoms with Gasteiger partial charge in [0.15, 0.2) is 0 Å². The maximum absolute atomic E-state index is 11.0. The molecule has 1 aliphatic rings. The van der Waals surface area contributed by atoms with Gasteiger partial charge in [0.1, 0.15) is 11.9 Å². The first-order valence-corrected chi connectivity index (χ1v) is 9.02. The fourth-order valence-electron chi connectivity index (χ4n) is 1.91. The minimum atomic E-state index is -3.53. The van der Waals surface area contributed by atoms with Crippen LogP contribution in [0.1, 0.15) is 18.6 Å². The molecule has 1 saturated heterocycles. The van der Waals surface area contributed by atoms with Crippen LogP contribution in [0.5, 0.6) is 5.75 Å². The fourth-order valence-corrected chi connectivity index (χ4v) is 2.60. The van der Waals surface area contributed by atoms with E-state index in [0.29, 0.717) is 29.5 Å². The van der Waals surface area contributed by atoms with Crippen molar-refractivity contribution in [2.24, 2.45) is 5.92 Å². The summed E-state index contributed by atoms with van der Waals surface area (Å²) < 4.78 is 37.3. The molecule has 0 radical (unpaired) electrons. The van der Waals surface area contributed by atoms with Crippen molar-refractivity contribution >= 4 is 21.7 Å². The van der Waals surface area contributed by atoms with E-state index in [9.17, 15) is 13.5 Å². The zero-order chi connectivity index (χ0) is 16.3. The summed E-state index contributed by atoms with van der Waals surface area (Å²) in [7, 11) is -3.53. The average molecular weight is 351 g/mol. The van der Waals surface area contributed by atoms with Crippen LogP contribution in [0.3, 0.4) is 0 Å². The van der Waals surface area contributed by atoms with Crippen molar-refractivity contribution in [3.8, 4) is 5.75 Å². The second-order valence-corrected chi connectivity index (χ2v) is 7.43. The van der Waals surface area contributed by atoms with Crippen molar-refractivity contribution in [3.05, 3.63) is 28.8 Å². The van der Waals surface area contributed by atoms with Crippen LogP contribution in [0, 0.1) is 5.92 Å². The van der Waals surface area contributed by atoms with Gasteiger partial charge in [0.05, 0.1) is 37.2 Å². The molecule has 1 N–H and O–H groups in total. The highest BCUT2D eigenvalue weighted by molar-refractivity contribution is 7.85. The minimum Gasteiger partial charge on any atom is -0.484 e. The Bertz CT molecular complexity index is 614. The summed E-state index contributed by atoms with van der Waals surface area (Å²) in [5, 5.41) is 10.6. The number of hydrogen-bond acceptors (Lipinski definition) is 6. The molecule has 1 aromatic carbocycles. The average Bonchev–Trinajstić information content (AvgIpc) is 2.39. The maximum Gasteiger partial charge on any atom is 0.264 e. The van der Waals surface area contributed by atoms with E-state index in [2.05, 4.69) is 0 Å². The van der Waals surface area contributed by atoms with Gasteiger partial charge in [0.2, 0.25) is 0 Å². The number of halogens is 1. The molecule has 2 rings (SSSR count). The quantitative estimate of drug-likeness (QED) is 0.755. The SMILES string of the molecule is C[C@H](COS(C)(=O)=O)[C@H](O)c1ccc(OC2COC2)c(Cl)c1.